The molecule has 0 atom stereocenters. The van der Waals surface area contributed by atoms with Gasteiger partial charge in [0.1, 0.15) is 4.49 Å². The van der Waals surface area contributed by atoms with E-state index in [2.05, 4.69) is 5.32 Å². The van der Waals surface area contributed by atoms with E-state index in [1.54, 1.807) is 20.0 Å². The summed E-state index contributed by atoms with van der Waals surface area (Å²) in [5, 5.41) is 13.6. The third-order valence-corrected chi connectivity index (χ3v) is 2.74. The molecule has 0 spiro atoms. The van der Waals surface area contributed by atoms with Crippen molar-refractivity contribution in [2.45, 2.75) is 6.92 Å². The van der Waals surface area contributed by atoms with E-state index in [0.717, 1.165) is 5.69 Å². The highest BCUT2D eigenvalue weighted by Gasteiger charge is 2.12. The number of anilines is 1. The first-order valence-corrected chi connectivity index (χ1v) is 5.21. The van der Waals surface area contributed by atoms with Gasteiger partial charge in [0, 0.05) is 30.4 Å². The largest absolute Gasteiger partial charge is 0.388 e. The fourth-order valence-electron chi connectivity index (χ4n) is 1.28. The number of nitrogens with one attached hydrogen (secondary N) is 1. The molecule has 0 aliphatic heterocycles. The number of nitro benzene ring substituents is 1. The number of nitro groups is 1. The molecule has 0 aliphatic rings. The normalized spacial score (nSPS) is 9.75. The van der Waals surface area contributed by atoms with E-state index in [-0.39, 0.29) is 10.2 Å². The van der Waals surface area contributed by atoms with Crippen LogP contribution in [-0.2, 0) is 0 Å². The van der Waals surface area contributed by atoms with Crippen molar-refractivity contribution in [2.24, 2.45) is 0 Å². The van der Waals surface area contributed by atoms with Gasteiger partial charge >= 0.3 is 0 Å². The first-order valence-electron chi connectivity index (χ1n) is 4.45. The summed E-state index contributed by atoms with van der Waals surface area (Å²) in [7, 11) is 1.72. The number of hydrogen-bond donors (Lipinski definition) is 1. The van der Waals surface area contributed by atoms with Gasteiger partial charge < -0.3 is 5.32 Å². The second-order valence-corrected chi connectivity index (χ2v) is 4.07. The molecule has 16 heavy (non-hydrogen) atoms. The van der Waals surface area contributed by atoms with Gasteiger partial charge in [-0.3, -0.25) is 10.1 Å². The van der Waals surface area contributed by atoms with Gasteiger partial charge in [0.15, 0.2) is 0 Å². The SMILES string of the molecule is CNc1ccc([N+](=O)[O-])cc1C(C)=C(Cl)Cl. The van der Waals surface area contributed by atoms with Crippen molar-refractivity contribution < 1.29 is 4.92 Å². The van der Waals surface area contributed by atoms with E-state index in [1.165, 1.54) is 12.1 Å². The standard InChI is InChI=1S/C10H10Cl2N2O2/c1-6(10(11)12)8-5-7(14(15)16)3-4-9(8)13-2/h3-5,13H,1-2H3. The zero-order valence-corrected chi connectivity index (χ0v) is 10.3. The first kappa shape index (κ1) is 12.8. The topological polar surface area (TPSA) is 55.2 Å². The van der Waals surface area contributed by atoms with Crippen LogP contribution in [0.3, 0.4) is 0 Å². The van der Waals surface area contributed by atoms with Crippen molar-refractivity contribution >= 4 is 40.1 Å². The second-order valence-electron chi connectivity index (χ2n) is 3.12. The summed E-state index contributed by atoms with van der Waals surface area (Å²) in [6.07, 6.45) is 0. The zero-order chi connectivity index (χ0) is 12.3. The summed E-state index contributed by atoms with van der Waals surface area (Å²) in [4.78, 5) is 10.2. The molecular weight excluding hydrogens is 251 g/mol. The third kappa shape index (κ3) is 2.65. The predicted molar refractivity (Wildman–Crippen MR) is 66.9 cm³/mol. The lowest BCUT2D eigenvalue weighted by atomic mass is 10.1. The van der Waals surface area contributed by atoms with Crippen LogP contribution in [0.25, 0.3) is 5.57 Å². The Morgan fingerprint density at radius 2 is 2.06 bits per heavy atom. The average molecular weight is 261 g/mol. The molecule has 0 fully saturated rings. The highest BCUT2D eigenvalue weighted by atomic mass is 35.5. The zero-order valence-electron chi connectivity index (χ0n) is 8.75. The van der Waals surface area contributed by atoms with Crippen molar-refractivity contribution in [3.05, 3.63) is 38.4 Å². The summed E-state index contributed by atoms with van der Waals surface area (Å²) < 4.78 is 0.0944. The highest BCUT2D eigenvalue weighted by molar-refractivity contribution is 6.58. The molecule has 0 saturated carbocycles. The Balaban J connectivity index is 3.39. The van der Waals surface area contributed by atoms with E-state index < -0.39 is 4.92 Å². The molecule has 0 aromatic heterocycles. The van der Waals surface area contributed by atoms with E-state index in [9.17, 15) is 10.1 Å². The van der Waals surface area contributed by atoms with E-state index in [4.69, 9.17) is 23.2 Å². The maximum atomic E-state index is 10.6. The van der Waals surface area contributed by atoms with Crippen LogP contribution in [0.4, 0.5) is 11.4 Å². The summed E-state index contributed by atoms with van der Waals surface area (Å²) >= 11 is 11.3. The monoisotopic (exact) mass is 260 g/mol. The molecule has 0 saturated heterocycles. The molecule has 0 radical (unpaired) electrons. The van der Waals surface area contributed by atoms with Gasteiger partial charge in [0.25, 0.3) is 5.69 Å². The van der Waals surface area contributed by atoms with Crippen LogP contribution in [-0.4, -0.2) is 12.0 Å². The molecule has 4 nitrogen and oxygen atoms in total. The molecular formula is C10H10Cl2N2O2. The maximum Gasteiger partial charge on any atom is 0.270 e. The molecule has 6 heteroatoms. The van der Waals surface area contributed by atoms with Crippen LogP contribution in [0.5, 0.6) is 0 Å². The molecule has 0 heterocycles. The lowest BCUT2D eigenvalue weighted by molar-refractivity contribution is -0.384. The van der Waals surface area contributed by atoms with Crippen LogP contribution < -0.4 is 5.32 Å². The summed E-state index contributed by atoms with van der Waals surface area (Å²) in [6.45, 7) is 1.70. The number of rotatable bonds is 3. The molecule has 1 N–H and O–H groups in total. The van der Waals surface area contributed by atoms with Crippen molar-refractivity contribution in [3.8, 4) is 0 Å². The summed E-state index contributed by atoms with van der Waals surface area (Å²) in [5.41, 5.74) is 1.96. The molecule has 0 aliphatic carbocycles. The van der Waals surface area contributed by atoms with Crippen LogP contribution in [0.1, 0.15) is 12.5 Å². The molecule has 86 valence electrons. The number of halogens is 2. The van der Waals surface area contributed by atoms with E-state index in [0.29, 0.717) is 11.1 Å². The van der Waals surface area contributed by atoms with Gasteiger partial charge in [-0.05, 0) is 18.6 Å². The van der Waals surface area contributed by atoms with Gasteiger partial charge in [-0.2, -0.15) is 0 Å². The molecule has 0 bridgehead atoms. The molecule has 1 rings (SSSR count). The molecule has 0 unspecified atom stereocenters. The highest BCUT2D eigenvalue weighted by Crippen LogP contribution is 2.31. The average Bonchev–Trinajstić information content (AvgIpc) is 2.26. The second kappa shape index (κ2) is 5.18. The van der Waals surface area contributed by atoms with Crippen LogP contribution in [0, 0.1) is 10.1 Å². The summed E-state index contributed by atoms with van der Waals surface area (Å²) in [5.74, 6) is 0. The van der Waals surface area contributed by atoms with Crippen LogP contribution >= 0.6 is 23.2 Å². The Kier molecular flexibility index (Phi) is 4.15. The van der Waals surface area contributed by atoms with Crippen molar-refractivity contribution in [1.29, 1.82) is 0 Å². The molecule has 1 aromatic carbocycles. The van der Waals surface area contributed by atoms with Crippen molar-refractivity contribution in [3.63, 3.8) is 0 Å². The number of hydrogen-bond acceptors (Lipinski definition) is 3. The van der Waals surface area contributed by atoms with Crippen LogP contribution in [0.2, 0.25) is 0 Å². The van der Waals surface area contributed by atoms with Gasteiger partial charge in [-0.1, -0.05) is 23.2 Å². The Morgan fingerprint density at radius 1 is 1.44 bits per heavy atom. The van der Waals surface area contributed by atoms with Crippen molar-refractivity contribution in [2.75, 3.05) is 12.4 Å². The van der Waals surface area contributed by atoms with Crippen LogP contribution in [0.15, 0.2) is 22.7 Å². The van der Waals surface area contributed by atoms with E-state index >= 15 is 0 Å². The quantitative estimate of drug-likeness (QED) is 0.665. The van der Waals surface area contributed by atoms with Gasteiger partial charge in [-0.15, -0.1) is 0 Å². The van der Waals surface area contributed by atoms with E-state index in [1.807, 2.05) is 0 Å². The minimum atomic E-state index is -0.460. The van der Waals surface area contributed by atoms with Gasteiger partial charge in [0.2, 0.25) is 0 Å². The van der Waals surface area contributed by atoms with Gasteiger partial charge in [0.05, 0.1) is 4.92 Å². The molecule has 1 aromatic rings. The minimum absolute atomic E-state index is 0.00272. The number of non-ortho nitro benzene ring substituents is 1. The minimum Gasteiger partial charge on any atom is -0.388 e. The Bertz CT molecular complexity index is 454. The smallest absolute Gasteiger partial charge is 0.270 e. The molecule has 0 amide bonds. The number of allylic oxidation sites excluding steroid dienone is 1. The maximum absolute atomic E-state index is 10.6. The first-order chi connectivity index (χ1) is 7.47. The Labute approximate surface area is 103 Å². The lowest BCUT2D eigenvalue weighted by Gasteiger charge is -2.09. The summed E-state index contributed by atoms with van der Waals surface area (Å²) in [6, 6.07) is 4.48. The Morgan fingerprint density at radius 3 is 2.50 bits per heavy atom. The predicted octanol–water partition coefficient (Wildman–Crippen LogP) is 3.80. The van der Waals surface area contributed by atoms with Crippen molar-refractivity contribution in [1.82, 2.24) is 0 Å². The Hall–Kier alpha value is -1.26. The lowest BCUT2D eigenvalue weighted by Crippen LogP contribution is -1.96. The fraction of sp³-hybridized carbons (Fsp3) is 0.200. The number of benzene rings is 1. The van der Waals surface area contributed by atoms with Gasteiger partial charge in [-0.25, -0.2) is 0 Å². The third-order valence-electron chi connectivity index (χ3n) is 2.17. The number of nitrogens with zero attached hydrogens (tertiary/aromatic N) is 1. The fourth-order valence-corrected chi connectivity index (χ4v) is 1.48.